The minimum atomic E-state index is -3.64. The van der Waals surface area contributed by atoms with E-state index in [0.29, 0.717) is 11.6 Å². The van der Waals surface area contributed by atoms with Crippen LogP contribution < -0.4 is 10.0 Å². The Bertz CT molecular complexity index is 631. The van der Waals surface area contributed by atoms with Gasteiger partial charge in [0.05, 0.1) is 6.61 Å². The van der Waals surface area contributed by atoms with Crippen LogP contribution >= 0.6 is 11.6 Å². The van der Waals surface area contributed by atoms with Crippen molar-refractivity contribution >= 4 is 21.8 Å². The Balaban J connectivity index is 1.88. The zero-order chi connectivity index (χ0) is 18.3. The van der Waals surface area contributed by atoms with E-state index in [4.69, 9.17) is 11.6 Å². The third-order valence-electron chi connectivity index (χ3n) is 4.65. The van der Waals surface area contributed by atoms with Gasteiger partial charge in [-0.25, -0.2) is 0 Å². The van der Waals surface area contributed by atoms with Gasteiger partial charge in [-0.15, -0.1) is 0 Å². The molecule has 1 saturated heterocycles. The molecular formula is C17H28ClN3O3S. The van der Waals surface area contributed by atoms with Gasteiger partial charge < -0.3 is 10.4 Å². The van der Waals surface area contributed by atoms with E-state index < -0.39 is 10.2 Å². The summed E-state index contributed by atoms with van der Waals surface area (Å²) in [6.45, 7) is 3.70. The van der Waals surface area contributed by atoms with Gasteiger partial charge in [-0.2, -0.15) is 17.4 Å². The molecular weight excluding hydrogens is 362 g/mol. The predicted octanol–water partition coefficient (Wildman–Crippen LogP) is 1.89. The van der Waals surface area contributed by atoms with Crippen LogP contribution in [-0.4, -0.2) is 49.6 Å². The Morgan fingerprint density at radius 3 is 2.64 bits per heavy atom. The molecule has 3 N–H and O–H groups in total. The molecule has 1 fully saturated rings. The molecule has 0 aromatic heterocycles. The van der Waals surface area contributed by atoms with Gasteiger partial charge in [0.15, 0.2) is 0 Å². The minimum absolute atomic E-state index is 0.0973. The smallest absolute Gasteiger partial charge is 0.279 e. The van der Waals surface area contributed by atoms with E-state index in [9.17, 15) is 13.5 Å². The van der Waals surface area contributed by atoms with Gasteiger partial charge in [0.25, 0.3) is 10.2 Å². The summed E-state index contributed by atoms with van der Waals surface area (Å²) in [6.07, 6.45) is 3.96. The summed E-state index contributed by atoms with van der Waals surface area (Å²) in [6, 6.07) is 7.03. The molecule has 0 amide bonds. The van der Waals surface area contributed by atoms with Crippen molar-refractivity contribution in [3.8, 4) is 0 Å². The fourth-order valence-electron chi connectivity index (χ4n) is 3.15. The average molecular weight is 390 g/mol. The third kappa shape index (κ3) is 6.51. The molecule has 1 aromatic rings. The zero-order valence-corrected chi connectivity index (χ0v) is 16.2. The summed E-state index contributed by atoms with van der Waals surface area (Å²) < 4.78 is 29.0. The molecule has 0 bridgehead atoms. The molecule has 2 rings (SSSR count). The molecule has 0 aliphatic carbocycles. The Morgan fingerprint density at radius 1 is 1.32 bits per heavy atom. The molecule has 6 nitrogen and oxygen atoms in total. The highest BCUT2D eigenvalue weighted by Crippen LogP contribution is 2.24. The van der Waals surface area contributed by atoms with Crippen molar-refractivity contribution in [2.45, 2.75) is 44.7 Å². The van der Waals surface area contributed by atoms with Crippen LogP contribution in [0.2, 0.25) is 5.02 Å². The number of rotatable bonds is 10. The SMILES string of the molecule is C[C@@]1(CCCN(CCO)S(=O)(=O)NCc2ccc(Cl)cc2)CCCN1. The van der Waals surface area contributed by atoms with Gasteiger partial charge in [0.1, 0.15) is 0 Å². The predicted molar refractivity (Wildman–Crippen MR) is 101 cm³/mol. The first-order valence-electron chi connectivity index (χ1n) is 8.70. The standard InChI is InChI=1S/C17H28ClN3O3S/c1-17(8-2-10-19-17)9-3-11-21(12-13-22)25(23,24)20-14-15-4-6-16(18)7-5-15/h4-7,19-20,22H,2-3,8-14H2,1H3/t17-/m0/s1. The molecule has 1 heterocycles. The second-order valence-electron chi connectivity index (χ2n) is 6.77. The number of hydrogen-bond acceptors (Lipinski definition) is 4. The number of nitrogens with zero attached hydrogens (tertiary/aromatic N) is 1. The summed E-state index contributed by atoms with van der Waals surface area (Å²) in [5, 5.41) is 13.3. The minimum Gasteiger partial charge on any atom is -0.395 e. The molecule has 8 heteroatoms. The summed E-state index contributed by atoms with van der Waals surface area (Å²) in [4.78, 5) is 0. The molecule has 1 aliphatic rings. The third-order valence-corrected chi connectivity index (χ3v) is 6.46. The second kappa shape index (κ2) is 9.30. The lowest BCUT2D eigenvalue weighted by molar-refractivity contribution is 0.246. The van der Waals surface area contributed by atoms with Crippen molar-refractivity contribution in [1.29, 1.82) is 0 Å². The van der Waals surface area contributed by atoms with Crippen LogP contribution in [0.25, 0.3) is 0 Å². The van der Waals surface area contributed by atoms with Gasteiger partial charge >= 0.3 is 0 Å². The number of benzene rings is 1. The highest BCUT2D eigenvalue weighted by Gasteiger charge is 2.28. The molecule has 1 atom stereocenters. The van der Waals surface area contributed by atoms with Gasteiger partial charge in [0, 0.05) is 30.2 Å². The van der Waals surface area contributed by atoms with Gasteiger partial charge in [0.2, 0.25) is 0 Å². The summed E-state index contributed by atoms with van der Waals surface area (Å²) >= 11 is 5.84. The zero-order valence-electron chi connectivity index (χ0n) is 14.7. The molecule has 142 valence electrons. The van der Waals surface area contributed by atoms with E-state index in [-0.39, 0.29) is 25.2 Å². The number of nitrogens with one attached hydrogen (secondary N) is 2. The van der Waals surface area contributed by atoms with Crippen LogP contribution in [-0.2, 0) is 16.8 Å². The Kier molecular flexibility index (Phi) is 7.67. The number of halogens is 1. The van der Waals surface area contributed by atoms with Crippen molar-refractivity contribution in [2.75, 3.05) is 26.2 Å². The van der Waals surface area contributed by atoms with Crippen molar-refractivity contribution in [3.05, 3.63) is 34.9 Å². The van der Waals surface area contributed by atoms with E-state index >= 15 is 0 Å². The number of hydrogen-bond donors (Lipinski definition) is 3. The fraction of sp³-hybridized carbons (Fsp3) is 0.647. The van der Waals surface area contributed by atoms with Gasteiger partial charge in [-0.05, 0) is 56.8 Å². The van der Waals surface area contributed by atoms with E-state index in [0.717, 1.165) is 37.8 Å². The summed E-state index contributed by atoms with van der Waals surface area (Å²) in [5.74, 6) is 0. The van der Waals surface area contributed by atoms with Gasteiger partial charge in [-0.1, -0.05) is 23.7 Å². The average Bonchev–Trinajstić information content (AvgIpc) is 3.00. The lowest BCUT2D eigenvalue weighted by atomic mass is 9.94. The molecule has 0 unspecified atom stereocenters. The van der Waals surface area contributed by atoms with Crippen LogP contribution in [0.1, 0.15) is 38.2 Å². The van der Waals surface area contributed by atoms with E-state index in [2.05, 4.69) is 17.0 Å². The first kappa shape index (κ1) is 20.6. The molecule has 0 saturated carbocycles. The molecule has 0 radical (unpaired) electrons. The Morgan fingerprint density at radius 2 is 2.04 bits per heavy atom. The lowest BCUT2D eigenvalue weighted by Gasteiger charge is -2.27. The van der Waals surface area contributed by atoms with Crippen molar-refractivity contribution < 1.29 is 13.5 Å². The van der Waals surface area contributed by atoms with Crippen LogP contribution in [0, 0.1) is 0 Å². The van der Waals surface area contributed by atoms with E-state index in [1.165, 1.54) is 4.31 Å². The first-order chi connectivity index (χ1) is 11.8. The Hall–Kier alpha value is -0.700. The Labute approximate surface area is 155 Å². The normalized spacial score (nSPS) is 21.1. The van der Waals surface area contributed by atoms with Crippen LogP contribution in [0.3, 0.4) is 0 Å². The fourth-order valence-corrected chi connectivity index (χ4v) is 4.50. The van der Waals surface area contributed by atoms with Crippen LogP contribution in [0.5, 0.6) is 0 Å². The van der Waals surface area contributed by atoms with Crippen LogP contribution in [0.15, 0.2) is 24.3 Å². The summed E-state index contributed by atoms with van der Waals surface area (Å²) in [7, 11) is -3.64. The highest BCUT2D eigenvalue weighted by molar-refractivity contribution is 7.87. The van der Waals surface area contributed by atoms with Crippen molar-refractivity contribution in [2.24, 2.45) is 0 Å². The highest BCUT2D eigenvalue weighted by atomic mass is 35.5. The topological polar surface area (TPSA) is 81.7 Å². The maximum Gasteiger partial charge on any atom is 0.279 e. The maximum absolute atomic E-state index is 12.5. The first-order valence-corrected chi connectivity index (χ1v) is 10.5. The lowest BCUT2D eigenvalue weighted by Crippen LogP contribution is -2.43. The van der Waals surface area contributed by atoms with Gasteiger partial charge in [-0.3, -0.25) is 0 Å². The second-order valence-corrected chi connectivity index (χ2v) is 8.96. The van der Waals surface area contributed by atoms with E-state index in [1.54, 1.807) is 24.3 Å². The number of aliphatic hydroxyl groups excluding tert-OH is 1. The molecule has 1 aliphatic heterocycles. The quantitative estimate of drug-likeness (QED) is 0.570. The molecule has 25 heavy (non-hydrogen) atoms. The van der Waals surface area contributed by atoms with Crippen LogP contribution in [0.4, 0.5) is 0 Å². The maximum atomic E-state index is 12.5. The summed E-state index contributed by atoms with van der Waals surface area (Å²) in [5.41, 5.74) is 0.936. The van der Waals surface area contributed by atoms with E-state index in [1.807, 2.05) is 0 Å². The molecule has 0 spiro atoms. The van der Waals surface area contributed by atoms with Crippen molar-refractivity contribution in [3.63, 3.8) is 0 Å². The van der Waals surface area contributed by atoms with Crippen molar-refractivity contribution in [1.82, 2.24) is 14.3 Å². The monoisotopic (exact) mass is 389 g/mol. The number of aliphatic hydroxyl groups is 1. The largest absolute Gasteiger partial charge is 0.395 e. The molecule has 1 aromatic carbocycles.